The lowest BCUT2D eigenvalue weighted by atomic mass is 10.0. The van der Waals surface area contributed by atoms with Crippen molar-refractivity contribution in [2.75, 3.05) is 13.2 Å². The molecule has 0 aromatic carbocycles. The van der Waals surface area contributed by atoms with Crippen molar-refractivity contribution in [3.63, 3.8) is 0 Å². The Morgan fingerprint density at radius 3 is 2.67 bits per heavy atom. The molecule has 5 nitrogen and oxygen atoms in total. The number of allylic oxidation sites excluding steroid dienone is 8. The fraction of sp³-hybridized carbons (Fsp3) is 0.368. The van der Waals surface area contributed by atoms with E-state index in [1.807, 2.05) is 45.1 Å². The summed E-state index contributed by atoms with van der Waals surface area (Å²) in [5.74, 6) is 0.713. The summed E-state index contributed by atoms with van der Waals surface area (Å²) in [6.07, 6.45) is 16.2. The van der Waals surface area contributed by atoms with E-state index < -0.39 is 0 Å². The van der Waals surface area contributed by atoms with Crippen LogP contribution in [0.2, 0.25) is 0 Å². The van der Waals surface area contributed by atoms with E-state index in [-0.39, 0.29) is 19.0 Å². The van der Waals surface area contributed by atoms with E-state index in [0.29, 0.717) is 6.54 Å². The van der Waals surface area contributed by atoms with Crippen LogP contribution in [0.1, 0.15) is 33.6 Å². The number of rotatable bonds is 4. The van der Waals surface area contributed by atoms with Crippen molar-refractivity contribution >= 4 is 12.4 Å². The molecule has 2 aliphatic carbocycles. The minimum absolute atomic E-state index is 0.0672. The molecule has 2 rings (SSSR count). The first-order valence-corrected chi connectivity index (χ1v) is 8.13. The standard InChI is InChI=1S/C16H19NO2.C2H6.CH2O2/c1-2-17-16(18)12-19-15-11-7-6-9-13-8-4-3-5-10-14(13)15;1-2;2-1-3/h3-6,9-11H,2,7-8,12H2,1H3,(H,17,18);1-2H3;1H,(H,2,3). The van der Waals surface area contributed by atoms with Crippen molar-refractivity contribution in [3.05, 3.63) is 59.4 Å². The molecule has 5 heteroatoms. The van der Waals surface area contributed by atoms with Gasteiger partial charge in [-0.15, -0.1) is 0 Å². The lowest BCUT2D eigenvalue weighted by Crippen LogP contribution is -2.27. The molecule has 0 unspecified atom stereocenters. The molecule has 2 aliphatic rings. The van der Waals surface area contributed by atoms with Crippen LogP contribution in [0, 0.1) is 0 Å². The molecule has 24 heavy (non-hydrogen) atoms. The maximum Gasteiger partial charge on any atom is 0.290 e. The topological polar surface area (TPSA) is 75.6 Å². The summed E-state index contributed by atoms with van der Waals surface area (Å²) in [6.45, 7) is 6.34. The zero-order chi connectivity index (χ0) is 18.2. The molecule has 0 atom stereocenters. The number of carbonyl (C=O) groups is 2. The van der Waals surface area contributed by atoms with Crippen molar-refractivity contribution in [1.29, 1.82) is 0 Å². The third kappa shape index (κ3) is 8.17. The van der Waals surface area contributed by atoms with Gasteiger partial charge in [-0.25, -0.2) is 0 Å². The second-order valence-corrected chi connectivity index (χ2v) is 4.48. The molecule has 0 aliphatic heterocycles. The van der Waals surface area contributed by atoms with Crippen molar-refractivity contribution < 1.29 is 19.4 Å². The molecule has 1 amide bonds. The highest BCUT2D eigenvalue weighted by Crippen LogP contribution is 2.26. The van der Waals surface area contributed by atoms with Crippen molar-refractivity contribution in [3.8, 4) is 0 Å². The number of amides is 1. The van der Waals surface area contributed by atoms with Crippen molar-refractivity contribution in [2.24, 2.45) is 0 Å². The van der Waals surface area contributed by atoms with Gasteiger partial charge < -0.3 is 15.2 Å². The largest absolute Gasteiger partial charge is 0.483 e. The lowest BCUT2D eigenvalue weighted by molar-refractivity contribution is -0.124. The van der Waals surface area contributed by atoms with Crippen LogP contribution in [0.15, 0.2) is 59.4 Å². The molecule has 132 valence electrons. The molecule has 0 heterocycles. The number of likely N-dealkylation sites (N-methyl/N-ethyl adjacent to an activating group) is 1. The summed E-state index contributed by atoms with van der Waals surface area (Å²) in [5, 5.41) is 9.62. The molecule has 0 aromatic heterocycles. The van der Waals surface area contributed by atoms with Gasteiger partial charge in [0.05, 0.1) is 0 Å². The average molecular weight is 333 g/mol. The van der Waals surface area contributed by atoms with Gasteiger partial charge in [-0.3, -0.25) is 9.59 Å². The van der Waals surface area contributed by atoms with Gasteiger partial charge in [-0.05, 0) is 31.4 Å². The maximum atomic E-state index is 11.5. The molecule has 0 bridgehead atoms. The van der Waals surface area contributed by atoms with Gasteiger partial charge in [0.2, 0.25) is 0 Å². The normalized spacial score (nSPS) is 14.5. The van der Waals surface area contributed by atoms with Crippen LogP contribution in [0.3, 0.4) is 0 Å². The van der Waals surface area contributed by atoms with Crippen LogP contribution in [0.4, 0.5) is 0 Å². The summed E-state index contributed by atoms with van der Waals surface area (Å²) in [4.78, 5) is 19.8. The van der Waals surface area contributed by atoms with Crippen LogP contribution in [0.25, 0.3) is 0 Å². The third-order valence-corrected chi connectivity index (χ3v) is 2.95. The van der Waals surface area contributed by atoms with Crippen LogP contribution in [-0.2, 0) is 14.3 Å². The molecule has 0 fully saturated rings. The van der Waals surface area contributed by atoms with Crippen molar-refractivity contribution in [1.82, 2.24) is 5.32 Å². The fourth-order valence-electron chi connectivity index (χ4n) is 2.06. The predicted molar refractivity (Wildman–Crippen MR) is 96.4 cm³/mol. The van der Waals surface area contributed by atoms with E-state index >= 15 is 0 Å². The second-order valence-electron chi connectivity index (χ2n) is 4.48. The predicted octanol–water partition coefficient (Wildman–Crippen LogP) is 3.52. The maximum absolute atomic E-state index is 11.5. The number of hydrogen-bond donors (Lipinski definition) is 2. The summed E-state index contributed by atoms with van der Waals surface area (Å²) in [7, 11) is 0. The fourth-order valence-corrected chi connectivity index (χ4v) is 2.06. The Hall–Kier alpha value is -2.56. The quantitative estimate of drug-likeness (QED) is 0.772. The Morgan fingerprint density at radius 2 is 2.00 bits per heavy atom. The van der Waals surface area contributed by atoms with Crippen LogP contribution in [-0.4, -0.2) is 30.6 Å². The molecule has 0 saturated heterocycles. The molecule has 0 aromatic rings. The SMILES string of the molecule is CC.CCNC(=O)COC1=CCC=CC2=C1C=CC=CC2.O=CO. The Balaban J connectivity index is 0.000000952. The number of carboxylic acid groups (broad SMARTS) is 1. The lowest BCUT2D eigenvalue weighted by Gasteiger charge is -2.12. The van der Waals surface area contributed by atoms with Crippen LogP contribution in [0.5, 0.6) is 0 Å². The first kappa shape index (κ1) is 21.4. The van der Waals surface area contributed by atoms with Crippen molar-refractivity contribution in [2.45, 2.75) is 33.6 Å². The number of carbonyl (C=O) groups excluding carboxylic acids is 1. The van der Waals surface area contributed by atoms with Gasteiger partial charge in [0.15, 0.2) is 6.61 Å². The summed E-state index contributed by atoms with van der Waals surface area (Å²) < 4.78 is 5.67. The number of nitrogens with one attached hydrogen (secondary N) is 1. The Morgan fingerprint density at radius 1 is 1.29 bits per heavy atom. The Labute approximate surface area is 144 Å². The first-order chi connectivity index (χ1) is 11.7. The third-order valence-electron chi connectivity index (χ3n) is 2.95. The van der Waals surface area contributed by atoms with Gasteiger partial charge >= 0.3 is 0 Å². The molecule has 0 radical (unpaired) electrons. The summed E-state index contributed by atoms with van der Waals surface area (Å²) in [5.41, 5.74) is 2.30. The number of hydrogen-bond acceptors (Lipinski definition) is 3. The van der Waals surface area contributed by atoms with Gasteiger partial charge in [0.25, 0.3) is 12.4 Å². The van der Waals surface area contributed by atoms with E-state index in [9.17, 15) is 4.79 Å². The minimum atomic E-state index is -0.250. The highest BCUT2D eigenvalue weighted by Gasteiger charge is 2.13. The molecular formula is C19H27NO4. The molecule has 0 saturated carbocycles. The van der Waals surface area contributed by atoms with E-state index in [1.165, 1.54) is 5.57 Å². The van der Waals surface area contributed by atoms with Gasteiger partial charge in [-0.1, -0.05) is 50.3 Å². The zero-order valence-corrected chi connectivity index (χ0v) is 14.6. The van der Waals surface area contributed by atoms with E-state index in [0.717, 1.165) is 24.2 Å². The zero-order valence-electron chi connectivity index (χ0n) is 14.6. The van der Waals surface area contributed by atoms with E-state index in [4.69, 9.17) is 14.6 Å². The van der Waals surface area contributed by atoms with Gasteiger partial charge in [0, 0.05) is 12.1 Å². The van der Waals surface area contributed by atoms with E-state index in [2.05, 4.69) is 23.5 Å². The molecule has 0 spiro atoms. The van der Waals surface area contributed by atoms with Crippen LogP contribution >= 0.6 is 0 Å². The minimum Gasteiger partial charge on any atom is -0.483 e. The van der Waals surface area contributed by atoms with Gasteiger partial charge in [-0.2, -0.15) is 0 Å². The summed E-state index contributed by atoms with van der Waals surface area (Å²) in [6, 6.07) is 0. The second kappa shape index (κ2) is 14.1. The van der Waals surface area contributed by atoms with Gasteiger partial charge in [0.1, 0.15) is 5.76 Å². The smallest absolute Gasteiger partial charge is 0.290 e. The summed E-state index contributed by atoms with van der Waals surface area (Å²) >= 11 is 0. The highest BCUT2D eigenvalue weighted by atomic mass is 16.5. The number of ether oxygens (including phenoxy) is 1. The van der Waals surface area contributed by atoms with E-state index in [1.54, 1.807) is 0 Å². The Bertz CT molecular complexity index is 540. The Kier molecular flexibility index (Phi) is 12.6. The first-order valence-electron chi connectivity index (χ1n) is 8.13. The average Bonchev–Trinajstić information content (AvgIpc) is 2.92. The monoisotopic (exact) mass is 333 g/mol. The van der Waals surface area contributed by atoms with Crippen LogP contribution < -0.4 is 5.32 Å². The molecule has 2 N–H and O–H groups in total. The molecular weight excluding hydrogens is 306 g/mol. The highest BCUT2D eigenvalue weighted by molar-refractivity contribution is 5.77.